The third kappa shape index (κ3) is 5.83. The summed E-state index contributed by atoms with van der Waals surface area (Å²) in [5.74, 6) is 1.92. The van der Waals surface area contributed by atoms with Crippen LogP contribution in [0.3, 0.4) is 0 Å². The number of likely N-dealkylation sites (tertiary alicyclic amines) is 1. The van der Waals surface area contributed by atoms with Crippen LogP contribution in [0.2, 0.25) is 0 Å². The maximum absolute atomic E-state index is 11.9. The molecule has 0 spiro atoms. The van der Waals surface area contributed by atoms with Gasteiger partial charge in [-0.25, -0.2) is 4.98 Å². The molecule has 3 rings (SSSR count). The smallest absolute Gasteiger partial charge is 0.309 e. The molecular weight excluding hydrogens is 481 g/mol. The molecule has 0 amide bonds. The highest BCUT2D eigenvalue weighted by atomic mass is 127. The third-order valence-corrected chi connectivity index (χ3v) is 5.31. The number of carbonyl (C=O) groups excluding carboxylic acids is 1. The van der Waals surface area contributed by atoms with Crippen molar-refractivity contribution < 1.29 is 9.53 Å². The maximum Gasteiger partial charge on any atom is 0.309 e. The number of aryl methyl sites for hydroxylation is 2. The number of hydrogen-bond acceptors (Lipinski definition) is 4. The third-order valence-electron chi connectivity index (χ3n) is 5.31. The van der Waals surface area contributed by atoms with Crippen LogP contribution in [-0.2, 0) is 16.1 Å². The Balaban J connectivity index is 0.00000300. The number of piperidine rings is 1. The Morgan fingerprint density at radius 1 is 1.31 bits per heavy atom. The number of nitrogens with zero attached hydrogens (tertiary/aromatic N) is 4. The van der Waals surface area contributed by atoms with Gasteiger partial charge in [0.15, 0.2) is 5.96 Å². The van der Waals surface area contributed by atoms with E-state index in [2.05, 4.69) is 49.9 Å². The molecule has 1 saturated heterocycles. The molecule has 1 aliphatic rings. The largest absolute Gasteiger partial charge is 0.466 e. The monoisotopic (exact) mass is 513 g/mol. The van der Waals surface area contributed by atoms with Crippen molar-refractivity contribution in [2.45, 2.75) is 39.7 Å². The van der Waals surface area contributed by atoms with Gasteiger partial charge in [-0.3, -0.25) is 9.79 Å². The topological polar surface area (TPSA) is 71.8 Å². The van der Waals surface area contributed by atoms with Crippen LogP contribution in [0.1, 0.15) is 32.0 Å². The second-order valence-corrected chi connectivity index (χ2v) is 7.14. The summed E-state index contributed by atoms with van der Waals surface area (Å²) in [6, 6.07) is 8.25. The number of halogens is 1. The molecule has 1 N–H and O–H groups in total. The fourth-order valence-corrected chi connectivity index (χ4v) is 3.83. The van der Waals surface area contributed by atoms with Crippen molar-refractivity contribution in [3.63, 3.8) is 0 Å². The van der Waals surface area contributed by atoms with Gasteiger partial charge >= 0.3 is 5.97 Å². The predicted molar refractivity (Wildman–Crippen MR) is 127 cm³/mol. The van der Waals surface area contributed by atoms with Gasteiger partial charge in [-0.1, -0.05) is 12.1 Å². The number of esters is 1. The molecular formula is C21H32IN5O2. The lowest BCUT2D eigenvalue weighted by Gasteiger charge is -2.33. The van der Waals surface area contributed by atoms with E-state index in [-0.39, 0.29) is 35.9 Å². The van der Waals surface area contributed by atoms with Crippen LogP contribution in [0.25, 0.3) is 11.0 Å². The first-order valence-electron chi connectivity index (χ1n) is 10.2. The normalized spacial score (nSPS) is 15.3. The number of benzene rings is 1. The number of aromatic nitrogens is 2. The zero-order valence-corrected chi connectivity index (χ0v) is 19.9. The van der Waals surface area contributed by atoms with Gasteiger partial charge in [0, 0.05) is 33.2 Å². The summed E-state index contributed by atoms with van der Waals surface area (Å²) in [4.78, 5) is 23.2. The molecule has 29 heavy (non-hydrogen) atoms. The lowest BCUT2D eigenvalue weighted by molar-refractivity contribution is -0.149. The quantitative estimate of drug-likeness (QED) is 0.211. The Morgan fingerprint density at radius 2 is 2.03 bits per heavy atom. The molecule has 160 valence electrons. The van der Waals surface area contributed by atoms with Crippen LogP contribution >= 0.6 is 24.0 Å². The number of nitrogens with one attached hydrogen (secondary N) is 1. The Hall–Kier alpha value is -1.84. The Labute approximate surface area is 189 Å². The molecule has 0 atom stereocenters. The van der Waals surface area contributed by atoms with Crippen LogP contribution in [-0.4, -0.2) is 59.7 Å². The molecule has 1 aromatic carbocycles. The number of carbonyl (C=O) groups is 1. The Morgan fingerprint density at radius 3 is 2.72 bits per heavy atom. The van der Waals surface area contributed by atoms with Gasteiger partial charge < -0.3 is 19.5 Å². The van der Waals surface area contributed by atoms with E-state index in [0.717, 1.165) is 62.7 Å². The SMILES string of the molecule is CCOC(=O)C1CCN(C(=NC)NCCCn2c(C)nc3ccccc32)CC1.I. The second kappa shape index (κ2) is 11.4. The molecule has 8 heteroatoms. The van der Waals surface area contributed by atoms with Gasteiger partial charge in [-0.05, 0) is 45.2 Å². The van der Waals surface area contributed by atoms with E-state index < -0.39 is 0 Å². The number of ether oxygens (including phenoxy) is 1. The van der Waals surface area contributed by atoms with Crippen molar-refractivity contribution in [1.82, 2.24) is 19.8 Å². The first kappa shape index (κ1) is 23.4. The highest BCUT2D eigenvalue weighted by Crippen LogP contribution is 2.19. The molecule has 2 heterocycles. The van der Waals surface area contributed by atoms with Crippen molar-refractivity contribution >= 4 is 46.9 Å². The Bertz CT molecular complexity index is 828. The molecule has 0 aliphatic carbocycles. The van der Waals surface area contributed by atoms with E-state index in [1.54, 1.807) is 0 Å². The number of imidazole rings is 1. The van der Waals surface area contributed by atoms with E-state index in [0.29, 0.717) is 6.61 Å². The first-order chi connectivity index (χ1) is 13.6. The van der Waals surface area contributed by atoms with Gasteiger partial charge in [0.05, 0.1) is 23.6 Å². The standard InChI is InChI=1S/C21H31N5O2.HI/c1-4-28-20(27)17-10-14-25(15-11-17)21(22-3)23-12-7-13-26-16(2)24-18-8-5-6-9-19(18)26;/h5-6,8-9,17H,4,7,10-15H2,1-3H3,(H,22,23);1H. The minimum absolute atomic E-state index is 0. The van der Waals surface area contributed by atoms with Gasteiger partial charge in [0.1, 0.15) is 5.82 Å². The molecule has 0 radical (unpaired) electrons. The lowest BCUT2D eigenvalue weighted by Crippen LogP contribution is -2.47. The van der Waals surface area contributed by atoms with E-state index in [9.17, 15) is 4.79 Å². The zero-order chi connectivity index (χ0) is 19.9. The van der Waals surface area contributed by atoms with Gasteiger partial charge in [-0.15, -0.1) is 24.0 Å². The molecule has 7 nitrogen and oxygen atoms in total. The molecule has 1 fully saturated rings. The summed E-state index contributed by atoms with van der Waals surface area (Å²) < 4.78 is 7.42. The number of para-hydroxylation sites is 2. The van der Waals surface area contributed by atoms with Gasteiger partial charge in [0.25, 0.3) is 0 Å². The predicted octanol–water partition coefficient (Wildman–Crippen LogP) is 3.20. The van der Waals surface area contributed by atoms with E-state index in [4.69, 9.17) is 4.74 Å². The number of aliphatic imine (C=N–C) groups is 1. The first-order valence-corrected chi connectivity index (χ1v) is 10.2. The van der Waals surface area contributed by atoms with Gasteiger partial charge in [0.2, 0.25) is 0 Å². The molecule has 1 aromatic heterocycles. The van der Waals surface area contributed by atoms with Gasteiger partial charge in [-0.2, -0.15) is 0 Å². The van der Waals surface area contributed by atoms with Crippen LogP contribution < -0.4 is 5.32 Å². The number of guanidine groups is 1. The summed E-state index contributed by atoms with van der Waals surface area (Å²) in [5.41, 5.74) is 2.23. The van der Waals surface area contributed by atoms with Crippen LogP contribution in [0.4, 0.5) is 0 Å². The highest BCUT2D eigenvalue weighted by Gasteiger charge is 2.27. The van der Waals surface area contributed by atoms with E-state index >= 15 is 0 Å². The van der Waals surface area contributed by atoms with E-state index in [1.165, 1.54) is 5.52 Å². The summed E-state index contributed by atoms with van der Waals surface area (Å²) >= 11 is 0. The molecule has 2 aromatic rings. The van der Waals surface area contributed by atoms with Crippen molar-refractivity contribution in [3.8, 4) is 0 Å². The summed E-state index contributed by atoms with van der Waals surface area (Å²) in [7, 11) is 1.81. The number of fused-ring (bicyclic) bond motifs is 1. The zero-order valence-electron chi connectivity index (χ0n) is 17.6. The highest BCUT2D eigenvalue weighted by molar-refractivity contribution is 14.0. The minimum atomic E-state index is -0.0620. The Kier molecular flexibility index (Phi) is 9.19. The van der Waals surface area contributed by atoms with Crippen LogP contribution in [0, 0.1) is 12.8 Å². The molecule has 0 unspecified atom stereocenters. The van der Waals surface area contributed by atoms with Crippen molar-refractivity contribution in [2.75, 3.05) is 33.3 Å². The maximum atomic E-state index is 11.9. The summed E-state index contributed by atoms with van der Waals surface area (Å²) in [6.45, 7) is 7.78. The number of rotatable bonds is 6. The van der Waals surface area contributed by atoms with E-state index in [1.807, 2.05) is 20.0 Å². The van der Waals surface area contributed by atoms with Crippen molar-refractivity contribution in [1.29, 1.82) is 0 Å². The second-order valence-electron chi connectivity index (χ2n) is 7.14. The summed E-state index contributed by atoms with van der Waals surface area (Å²) in [5, 5.41) is 3.46. The molecule has 0 bridgehead atoms. The average Bonchev–Trinajstić information content (AvgIpc) is 3.03. The minimum Gasteiger partial charge on any atom is -0.466 e. The lowest BCUT2D eigenvalue weighted by atomic mass is 9.97. The molecule has 1 aliphatic heterocycles. The van der Waals surface area contributed by atoms with Crippen LogP contribution in [0.15, 0.2) is 29.3 Å². The fourth-order valence-electron chi connectivity index (χ4n) is 3.83. The van der Waals surface area contributed by atoms with Crippen molar-refractivity contribution in [2.24, 2.45) is 10.9 Å². The van der Waals surface area contributed by atoms with Crippen molar-refractivity contribution in [3.05, 3.63) is 30.1 Å². The van der Waals surface area contributed by atoms with Crippen LogP contribution in [0.5, 0.6) is 0 Å². The fraction of sp³-hybridized carbons (Fsp3) is 0.571. The summed E-state index contributed by atoms with van der Waals surface area (Å²) in [6.07, 6.45) is 2.62. The molecule has 0 saturated carbocycles. The number of hydrogen-bond donors (Lipinski definition) is 1. The average molecular weight is 513 g/mol.